The van der Waals surface area contributed by atoms with E-state index in [2.05, 4.69) is 0 Å². The van der Waals surface area contributed by atoms with Gasteiger partial charge in [-0.25, -0.2) is 13.6 Å². The van der Waals surface area contributed by atoms with Gasteiger partial charge >= 0.3 is 18.3 Å². The van der Waals surface area contributed by atoms with Crippen LogP contribution in [0.2, 0.25) is 0 Å². The number of hydrogen-bond acceptors (Lipinski definition) is 7. The summed E-state index contributed by atoms with van der Waals surface area (Å²) in [6.45, 7) is -1.67. The van der Waals surface area contributed by atoms with Gasteiger partial charge in [0.2, 0.25) is 6.23 Å². The molecule has 27 heavy (non-hydrogen) atoms. The van der Waals surface area contributed by atoms with Gasteiger partial charge in [-0.2, -0.15) is 8.78 Å². The molecule has 0 saturated carbocycles. The van der Waals surface area contributed by atoms with Crippen LogP contribution < -0.4 is 11.2 Å². The van der Waals surface area contributed by atoms with Crippen LogP contribution in [0.15, 0.2) is 21.9 Å². The zero-order valence-electron chi connectivity index (χ0n) is 13.9. The van der Waals surface area contributed by atoms with Gasteiger partial charge in [-0.1, -0.05) is 0 Å². The number of H-pyrrole nitrogens is 1. The summed E-state index contributed by atoms with van der Waals surface area (Å²) in [5.41, 5.74) is -4.97. The molecule has 0 spiro atoms. The second kappa shape index (κ2) is 6.75. The van der Waals surface area contributed by atoms with Crippen molar-refractivity contribution in [2.75, 3.05) is 6.61 Å². The predicted molar refractivity (Wildman–Crippen MR) is 86.5 cm³/mol. The molecule has 2 aliphatic rings. The van der Waals surface area contributed by atoms with Gasteiger partial charge in [-0.05, 0) is 25.7 Å². The average molecular weight is 434 g/mol. The normalized spacial score (nSPS) is 35.6. The Hall–Kier alpha value is -1.11. The molecule has 1 aromatic heterocycles. The molecule has 0 aliphatic carbocycles. The van der Waals surface area contributed by atoms with Crippen molar-refractivity contribution in [2.24, 2.45) is 0 Å². The third-order valence-electron chi connectivity index (χ3n) is 3.95. The van der Waals surface area contributed by atoms with Crippen LogP contribution in [-0.2, 0) is 30.1 Å². The molecule has 2 fully saturated rings. The summed E-state index contributed by atoms with van der Waals surface area (Å²) in [5, 5.41) is 0. The molecule has 152 valence electrons. The molecular weight excluding hydrogens is 419 g/mol. The van der Waals surface area contributed by atoms with Gasteiger partial charge in [0.25, 0.3) is 12.0 Å². The highest BCUT2D eigenvalue weighted by molar-refractivity contribution is 8.07. The van der Waals surface area contributed by atoms with E-state index in [4.69, 9.17) is 30.1 Å². The van der Waals surface area contributed by atoms with E-state index in [1.165, 1.54) is 0 Å². The number of alkyl halides is 4. The lowest BCUT2D eigenvalue weighted by atomic mass is 9.96. The van der Waals surface area contributed by atoms with Crippen molar-refractivity contribution in [1.82, 2.24) is 9.55 Å². The van der Waals surface area contributed by atoms with E-state index < -0.39 is 61.0 Å². The number of aromatic amines is 1. The first-order valence-corrected chi connectivity index (χ1v) is 10.2. The van der Waals surface area contributed by atoms with Crippen LogP contribution in [0, 0.1) is 0 Å². The van der Waals surface area contributed by atoms with Crippen LogP contribution in [0.25, 0.3) is 0 Å². The number of nitrogens with one attached hydrogen (secondary N) is 1. The van der Waals surface area contributed by atoms with Crippen molar-refractivity contribution in [3.05, 3.63) is 33.1 Å². The number of fused-ring (bicyclic) bond motifs is 1. The van der Waals surface area contributed by atoms with Crippen LogP contribution in [0.5, 0.6) is 0 Å². The minimum absolute atomic E-state index is 0.306. The molecule has 3 rings (SSSR count). The minimum Gasteiger partial charge on any atom is -0.333 e. The maximum Gasteiger partial charge on any atom is 0.330 e. The Kier molecular flexibility index (Phi) is 5.15. The van der Waals surface area contributed by atoms with E-state index in [0.29, 0.717) is 4.57 Å². The van der Waals surface area contributed by atoms with Gasteiger partial charge in [0.05, 0.1) is 12.7 Å². The summed E-state index contributed by atoms with van der Waals surface area (Å²) in [4.78, 5) is 24.8. The largest absolute Gasteiger partial charge is 0.333 e. The van der Waals surface area contributed by atoms with E-state index in [1.807, 2.05) is 0 Å². The lowest BCUT2D eigenvalue weighted by Crippen LogP contribution is -2.57. The summed E-state index contributed by atoms with van der Waals surface area (Å²) < 4.78 is 78.1. The number of ether oxygens (including phenoxy) is 1. The fourth-order valence-electron chi connectivity index (χ4n) is 2.81. The first-order chi connectivity index (χ1) is 12.4. The number of hydrogen-bond donors (Lipinski definition) is 1. The molecule has 0 aromatic carbocycles. The molecule has 2 saturated heterocycles. The third-order valence-corrected chi connectivity index (χ3v) is 6.38. The Labute approximate surface area is 154 Å². The quantitative estimate of drug-likeness (QED) is 0.571. The third kappa shape index (κ3) is 3.40. The first-order valence-electron chi connectivity index (χ1n) is 7.68. The molecular formula is C13H15F4N2O6PS. The Morgan fingerprint density at radius 1 is 1.41 bits per heavy atom. The number of nitrogens with zero attached hydrogens (tertiary/aromatic N) is 1. The summed E-state index contributed by atoms with van der Waals surface area (Å²) in [5.74, 6) is -4.10. The topological polar surface area (TPSA) is 91.8 Å². The van der Waals surface area contributed by atoms with Crippen molar-refractivity contribution in [3.8, 4) is 0 Å². The van der Waals surface area contributed by atoms with Crippen molar-refractivity contribution >= 4 is 18.5 Å². The van der Waals surface area contributed by atoms with Crippen LogP contribution >= 0.6 is 6.72 Å². The Bertz CT molecular complexity index is 892. The summed E-state index contributed by atoms with van der Waals surface area (Å²) in [6.07, 6.45) is -8.28. The summed E-state index contributed by atoms with van der Waals surface area (Å²) in [7, 11) is 0. The van der Waals surface area contributed by atoms with E-state index in [1.54, 1.807) is 18.8 Å². The lowest BCUT2D eigenvalue weighted by molar-refractivity contribution is -0.205. The molecule has 4 unspecified atom stereocenters. The van der Waals surface area contributed by atoms with E-state index >= 15 is 8.78 Å². The Morgan fingerprint density at radius 2 is 2.07 bits per heavy atom. The maximum atomic E-state index is 15.0. The van der Waals surface area contributed by atoms with Crippen molar-refractivity contribution in [3.63, 3.8) is 0 Å². The van der Waals surface area contributed by atoms with Crippen molar-refractivity contribution in [1.29, 1.82) is 0 Å². The molecule has 1 aromatic rings. The van der Waals surface area contributed by atoms with Crippen molar-refractivity contribution in [2.45, 2.75) is 50.2 Å². The summed E-state index contributed by atoms with van der Waals surface area (Å²) in [6, 6.07) is 0.779. The maximum absolute atomic E-state index is 15.0. The minimum atomic E-state index is -4.10. The predicted octanol–water partition coefficient (Wildman–Crippen LogP) is 1.77. The molecule has 0 radical (unpaired) electrons. The molecule has 3 heterocycles. The molecule has 0 bridgehead atoms. The van der Waals surface area contributed by atoms with Crippen LogP contribution in [-0.4, -0.2) is 46.3 Å². The fourth-order valence-corrected chi connectivity index (χ4v) is 5.37. The molecule has 4 atom stereocenters. The highest BCUT2D eigenvalue weighted by Crippen LogP contribution is 2.64. The molecule has 1 N–H and O–H groups in total. The van der Waals surface area contributed by atoms with Gasteiger partial charge in [0.1, 0.15) is 0 Å². The zero-order valence-corrected chi connectivity index (χ0v) is 15.6. The highest BCUT2D eigenvalue weighted by atomic mass is 32.5. The SMILES string of the molecule is CC(C)OP1(=S)OCC2(C(F)F)OC(n3ccc(=O)[nH]c3=O)C(F)(F)C2O1. The average Bonchev–Trinajstić information content (AvgIpc) is 2.75. The van der Waals surface area contributed by atoms with Gasteiger partial charge in [-0.3, -0.25) is 18.9 Å². The standard InChI is InChI=1S/C13H15F4N2O6PS/c1-6(2)24-26(27)22-5-12(9(14)15)8(25-26)13(16,17)10(23-12)19-4-3-7(20)18-11(19)21/h3-4,6,8-10H,5H2,1-2H3,(H,18,20,21). The Balaban J connectivity index is 2.06. The fraction of sp³-hybridized carbons (Fsp3) is 0.692. The zero-order chi connectivity index (χ0) is 20.2. The van der Waals surface area contributed by atoms with E-state index in [9.17, 15) is 18.4 Å². The molecule has 14 heteroatoms. The van der Waals surface area contributed by atoms with Crippen LogP contribution in [0.3, 0.4) is 0 Å². The number of aromatic nitrogens is 2. The van der Waals surface area contributed by atoms with E-state index in [0.717, 1.165) is 12.3 Å². The summed E-state index contributed by atoms with van der Waals surface area (Å²) >= 11 is 4.99. The van der Waals surface area contributed by atoms with Gasteiger partial charge in [0.15, 0.2) is 11.7 Å². The van der Waals surface area contributed by atoms with Gasteiger partial charge in [0, 0.05) is 12.3 Å². The number of rotatable bonds is 4. The van der Waals surface area contributed by atoms with E-state index in [-0.39, 0.29) is 0 Å². The van der Waals surface area contributed by atoms with Crippen molar-refractivity contribution < 1.29 is 35.9 Å². The smallest absolute Gasteiger partial charge is 0.330 e. The molecule has 0 amide bonds. The highest BCUT2D eigenvalue weighted by Gasteiger charge is 2.74. The number of halogens is 4. The van der Waals surface area contributed by atoms with Gasteiger partial charge in [-0.15, -0.1) is 0 Å². The van der Waals surface area contributed by atoms with Crippen LogP contribution in [0.1, 0.15) is 20.1 Å². The second-order valence-corrected chi connectivity index (χ2v) is 9.19. The second-order valence-electron chi connectivity index (χ2n) is 6.28. The monoisotopic (exact) mass is 434 g/mol. The lowest BCUT2D eigenvalue weighted by Gasteiger charge is -2.41. The molecule has 2 aliphatic heterocycles. The Morgan fingerprint density at radius 3 is 2.63 bits per heavy atom. The van der Waals surface area contributed by atoms with Gasteiger partial charge < -0.3 is 13.8 Å². The first kappa shape index (κ1) is 20.6. The molecule has 8 nitrogen and oxygen atoms in total. The van der Waals surface area contributed by atoms with Crippen LogP contribution in [0.4, 0.5) is 17.6 Å².